The highest BCUT2D eigenvalue weighted by Gasteiger charge is 2.35. The van der Waals surface area contributed by atoms with Crippen molar-refractivity contribution in [1.29, 1.82) is 0 Å². The van der Waals surface area contributed by atoms with E-state index >= 15 is 0 Å². The first-order valence-electron chi connectivity index (χ1n) is 6.54. The molecule has 21 heavy (non-hydrogen) atoms. The first kappa shape index (κ1) is 17.7. The van der Waals surface area contributed by atoms with Gasteiger partial charge in [-0.15, -0.1) is 0 Å². The van der Waals surface area contributed by atoms with Gasteiger partial charge >= 0.3 is 12.1 Å². The lowest BCUT2D eigenvalue weighted by atomic mass is 10.1. The number of carboxylic acid groups (broad SMARTS) is 1. The Bertz CT molecular complexity index is 492. The summed E-state index contributed by atoms with van der Waals surface area (Å²) >= 11 is 1.78. The summed E-state index contributed by atoms with van der Waals surface area (Å²) in [6.45, 7) is 3.96. The number of carboxylic acids is 1. The third-order valence-corrected chi connectivity index (χ3v) is 3.80. The predicted octanol–water partition coefficient (Wildman–Crippen LogP) is 4.35. The maximum atomic E-state index is 12.7. The van der Waals surface area contributed by atoms with Crippen LogP contribution in [-0.4, -0.2) is 28.6 Å². The number of benzene rings is 1. The van der Waals surface area contributed by atoms with Gasteiger partial charge in [0.15, 0.2) is 0 Å². The Balaban J connectivity index is 2.86. The molecule has 0 saturated heterocycles. The van der Waals surface area contributed by atoms with Crippen LogP contribution in [0.15, 0.2) is 18.2 Å². The molecule has 0 aromatic heterocycles. The van der Waals surface area contributed by atoms with E-state index in [2.05, 4.69) is 12.2 Å². The van der Waals surface area contributed by atoms with Gasteiger partial charge in [0.2, 0.25) is 0 Å². The van der Waals surface area contributed by atoms with E-state index in [1.807, 2.05) is 6.92 Å². The Morgan fingerprint density at radius 2 is 2.10 bits per heavy atom. The van der Waals surface area contributed by atoms with Crippen LogP contribution < -0.4 is 5.32 Å². The van der Waals surface area contributed by atoms with E-state index in [-0.39, 0.29) is 6.04 Å². The topological polar surface area (TPSA) is 49.3 Å². The van der Waals surface area contributed by atoms with E-state index in [1.54, 1.807) is 11.8 Å². The summed E-state index contributed by atoms with van der Waals surface area (Å²) < 4.78 is 38.2. The Labute approximate surface area is 125 Å². The van der Waals surface area contributed by atoms with Crippen molar-refractivity contribution in [3.8, 4) is 0 Å². The van der Waals surface area contributed by atoms with Gasteiger partial charge in [-0.2, -0.15) is 24.9 Å². The molecule has 118 valence electrons. The summed E-state index contributed by atoms with van der Waals surface area (Å²) in [7, 11) is 0. The molecule has 1 aromatic rings. The van der Waals surface area contributed by atoms with Gasteiger partial charge in [-0.1, -0.05) is 6.92 Å². The lowest BCUT2D eigenvalue weighted by Gasteiger charge is -2.17. The van der Waals surface area contributed by atoms with Gasteiger partial charge in [0.25, 0.3) is 0 Å². The number of rotatable bonds is 7. The van der Waals surface area contributed by atoms with Gasteiger partial charge in [0.05, 0.1) is 11.1 Å². The fourth-order valence-corrected chi connectivity index (χ4v) is 2.63. The third-order valence-electron chi connectivity index (χ3n) is 2.87. The van der Waals surface area contributed by atoms with Crippen molar-refractivity contribution < 1.29 is 23.1 Å². The van der Waals surface area contributed by atoms with Crippen LogP contribution >= 0.6 is 11.8 Å². The zero-order chi connectivity index (χ0) is 16.0. The standard InChI is InChI=1S/C14H18F3NO2S/c1-3-21-7-6-9(2)18-10-4-5-12(14(15,16)17)11(8-10)13(19)20/h4-5,8-9,18H,3,6-7H2,1-2H3,(H,19,20). The van der Waals surface area contributed by atoms with Gasteiger partial charge in [-0.25, -0.2) is 4.79 Å². The van der Waals surface area contributed by atoms with Gasteiger partial charge in [-0.3, -0.25) is 0 Å². The molecule has 1 atom stereocenters. The molecule has 0 spiro atoms. The number of alkyl halides is 3. The van der Waals surface area contributed by atoms with Crippen LogP contribution in [0.25, 0.3) is 0 Å². The van der Waals surface area contributed by atoms with Crippen LogP contribution in [0.2, 0.25) is 0 Å². The summed E-state index contributed by atoms with van der Waals surface area (Å²) in [6.07, 6.45) is -3.82. The molecule has 3 nitrogen and oxygen atoms in total. The summed E-state index contributed by atoms with van der Waals surface area (Å²) in [5.74, 6) is 0.368. The predicted molar refractivity (Wildman–Crippen MR) is 79.1 cm³/mol. The minimum Gasteiger partial charge on any atom is -0.478 e. The molecule has 1 rings (SSSR count). The Morgan fingerprint density at radius 1 is 1.43 bits per heavy atom. The highest BCUT2D eigenvalue weighted by Crippen LogP contribution is 2.33. The second kappa shape index (κ2) is 7.59. The molecule has 1 unspecified atom stereocenters. The number of hydrogen-bond acceptors (Lipinski definition) is 3. The van der Waals surface area contributed by atoms with Crippen LogP contribution in [0.1, 0.15) is 36.2 Å². The summed E-state index contributed by atoms with van der Waals surface area (Å²) in [4.78, 5) is 11.0. The number of thioether (sulfide) groups is 1. The number of anilines is 1. The molecule has 0 aliphatic carbocycles. The first-order valence-corrected chi connectivity index (χ1v) is 7.70. The van der Waals surface area contributed by atoms with E-state index in [4.69, 9.17) is 5.11 Å². The minimum absolute atomic E-state index is 0.0578. The molecule has 0 bridgehead atoms. The maximum absolute atomic E-state index is 12.7. The first-order chi connectivity index (χ1) is 9.75. The van der Waals surface area contributed by atoms with Crippen molar-refractivity contribution in [3.05, 3.63) is 29.3 Å². The average molecular weight is 321 g/mol. The van der Waals surface area contributed by atoms with Crippen LogP contribution in [0, 0.1) is 0 Å². The highest BCUT2D eigenvalue weighted by molar-refractivity contribution is 7.99. The van der Waals surface area contributed by atoms with E-state index in [0.717, 1.165) is 30.1 Å². The Hall–Kier alpha value is -1.37. The van der Waals surface area contributed by atoms with Crippen LogP contribution in [0.5, 0.6) is 0 Å². The molecule has 2 N–H and O–H groups in total. The third kappa shape index (κ3) is 5.49. The van der Waals surface area contributed by atoms with E-state index < -0.39 is 23.3 Å². The zero-order valence-electron chi connectivity index (χ0n) is 11.8. The minimum atomic E-state index is -4.67. The van der Waals surface area contributed by atoms with Crippen LogP contribution in [0.3, 0.4) is 0 Å². The van der Waals surface area contributed by atoms with Gasteiger partial charge in [0, 0.05) is 11.7 Å². The zero-order valence-corrected chi connectivity index (χ0v) is 12.6. The number of hydrogen-bond donors (Lipinski definition) is 2. The van der Waals surface area contributed by atoms with Crippen molar-refractivity contribution in [2.24, 2.45) is 0 Å². The van der Waals surface area contributed by atoms with Crippen molar-refractivity contribution in [2.75, 3.05) is 16.8 Å². The molecule has 7 heteroatoms. The highest BCUT2D eigenvalue weighted by atomic mass is 32.2. The smallest absolute Gasteiger partial charge is 0.417 e. The molecular weight excluding hydrogens is 303 g/mol. The molecule has 0 aliphatic heterocycles. The van der Waals surface area contributed by atoms with Crippen molar-refractivity contribution >= 4 is 23.4 Å². The fourth-order valence-electron chi connectivity index (χ4n) is 1.82. The number of halogens is 3. The van der Waals surface area contributed by atoms with Gasteiger partial charge < -0.3 is 10.4 Å². The number of aromatic carboxylic acids is 1. The van der Waals surface area contributed by atoms with Crippen molar-refractivity contribution in [2.45, 2.75) is 32.5 Å². The summed E-state index contributed by atoms with van der Waals surface area (Å²) in [6, 6.07) is 3.16. The molecule has 0 amide bonds. The number of nitrogens with one attached hydrogen (secondary N) is 1. The Kier molecular flexibility index (Phi) is 6.39. The van der Waals surface area contributed by atoms with Crippen LogP contribution in [-0.2, 0) is 6.18 Å². The second-order valence-corrected chi connectivity index (χ2v) is 5.99. The normalized spacial score (nSPS) is 13.0. The fraction of sp³-hybridized carbons (Fsp3) is 0.500. The quantitative estimate of drug-likeness (QED) is 0.733. The van der Waals surface area contributed by atoms with E-state index in [1.165, 1.54) is 6.07 Å². The summed E-state index contributed by atoms with van der Waals surface area (Å²) in [5, 5.41) is 12.0. The molecule has 0 fully saturated rings. The number of carbonyl (C=O) groups is 1. The lowest BCUT2D eigenvalue weighted by molar-refractivity contribution is -0.138. The summed E-state index contributed by atoms with van der Waals surface area (Å²) in [5.41, 5.74) is -1.48. The maximum Gasteiger partial charge on any atom is 0.417 e. The van der Waals surface area contributed by atoms with Gasteiger partial charge in [0.1, 0.15) is 0 Å². The molecule has 0 aliphatic rings. The monoisotopic (exact) mass is 321 g/mol. The average Bonchev–Trinajstić information content (AvgIpc) is 2.37. The van der Waals surface area contributed by atoms with Gasteiger partial charge in [-0.05, 0) is 43.0 Å². The lowest BCUT2D eigenvalue weighted by Crippen LogP contribution is -2.18. The molecule has 0 heterocycles. The van der Waals surface area contributed by atoms with Crippen molar-refractivity contribution in [1.82, 2.24) is 0 Å². The largest absolute Gasteiger partial charge is 0.478 e. The molecule has 0 radical (unpaired) electrons. The van der Waals surface area contributed by atoms with Crippen LogP contribution in [0.4, 0.5) is 18.9 Å². The van der Waals surface area contributed by atoms with E-state index in [0.29, 0.717) is 5.69 Å². The molecular formula is C14H18F3NO2S. The molecule has 1 aromatic carbocycles. The Morgan fingerprint density at radius 3 is 2.62 bits per heavy atom. The SMILES string of the molecule is CCSCCC(C)Nc1ccc(C(F)(F)F)c(C(=O)O)c1. The molecule has 0 saturated carbocycles. The van der Waals surface area contributed by atoms with Crippen molar-refractivity contribution in [3.63, 3.8) is 0 Å². The second-order valence-electron chi connectivity index (χ2n) is 4.59. The van der Waals surface area contributed by atoms with E-state index in [9.17, 15) is 18.0 Å².